The molecule has 1 saturated heterocycles. The molecule has 0 aromatic carbocycles. The summed E-state index contributed by atoms with van der Waals surface area (Å²) in [5.41, 5.74) is 9.01. The Morgan fingerprint density at radius 1 is 1.26 bits per heavy atom. The third kappa shape index (κ3) is 10.5. The number of thioether (sulfide) groups is 1. The van der Waals surface area contributed by atoms with E-state index in [-0.39, 0.29) is 48.7 Å². The van der Waals surface area contributed by atoms with Crippen molar-refractivity contribution < 1.29 is 19.1 Å². The van der Waals surface area contributed by atoms with Gasteiger partial charge in [-0.05, 0) is 75.9 Å². The van der Waals surface area contributed by atoms with Crippen molar-refractivity contribution in [1.82, 2.24) is 4.90 Å². The normalized spacial score (nSPS) is 26.6. The second-order valence-electron chi connectivity index (χ2n) is 11.9. The first kappa shape index (κ1) is 36.0. The monoisotopic (exact) mass is 603 g/mol. The summed E-state index contributed by atoms with van der Waals surface area (Å²) in [4.78, 5) is 32.0. The molecule has 1 heterocycles. The number of hydrogen-bond donors (Lipinski definition) is 2. The Bertz CT molecular complexity index is 1060. The maximum Gasteiger partial charge on any atom is 0.270 e. The number of Topliss-reactive ketones (excluding diaryl/α,β-unsaturated/α-hetero) is 1. The first-order valence-electron chi connectivity index (χ1n) is 15.8. The molecule has 3 rings (SSSR count). The number of nitrogens with two attached hydrogens (primary N) is 1. The number of aliphatic hydroxyl groups is 1. The standard InChI is InChI=1S/C19H28FN3O3.C15H26S/c1-3-10(2)16(25)8-22-14-7-11-6-12(11)17(14)18(21)19(26)23-5-4-15(24)13(20)9-23;1-6-9-12-15(13(4)5)16-14(10-7-2)11-8-3/h10-13,15,24H,3-9,21H2,1-2H3;6,9,12,14H,4,7-8,10-11H2,1-3,5H3/b18-17-,22-14?;9-6-,15-12+. The number of amides is 1. The summed E-state index contributed by atoms with van der Waals surface area (Å²) in [6.45, 7) is 16.9. The van der Waals surface area contributed by atoms with Crippen LogP contribution in [0.2, 0.25) is 0 Å². The van der Waals surface area contributed by atoms with Crippen LogP contribution in [-0.2, 0) is 9.59 Å². The lowest BCUT2D eigenvalue weighted by Crippen LogP contribution is -2.48. The SMILES string of the molecule is C=C(C)/C(=C\C=C/C)SC(CCC)CCC.CCC(C)C(=O)CN=C1CC2CC2/C1=C(/N)C(=O)N1CCC(O)C(F)C1. The van der Waals surface area contributed by atoms with Crippen molar-refractivity contribution in [3.05, 3.63) is 46.6 Å². The van der Waals surface area contributed by atoms with Crippen LogP contribution in [0.1, 0.15) is 92.9 Å². The highest BCUT2D eigenvalue weighted by Crippen LogP contribution is 2.54. The second kappa shape index (κ2) is 17.8. The third-order valence-electron chi connectivity index (χ3n) is 8.34. The zero-order valence-corrected chi connectivity index (χ0v) is 27.5. The molecule has 0 bridgehead atoms. The molecule has 5 unspecified atom stereocenters. The van der Waals surface area contributed by atoms with Gasteiger partial charge in [0.05, 0.1) is 19.2 Å². The average molecular weight is 604 g/mol. The maximum atomic E-state index is 13.7. The Morgan fingerprint density at radius 2 is 1.93 bits per heavy atom. The van der Waals surface area contributed by atoms with Gasteiger partial charge in [-0.15, -0.1) is 11.8 Å². The maximum absolute atomic E-state index is 13.7. The van der Waals surface area contributed by atoms with Crippen LogP contribution in [0.25, 0.3) is 0 Å². The molecule has 6 nitrogen and oxygen atoms in total. The van der Waals surface area contributed by atoms with Gasteiger partial charge in [0.15, 0.2) is 5.78 Å². The van der Waals surface area contributed by atoms with Crippen molar-refractivity contribution in [2.45, 2.75) is 110 Å². The van der Waals surface area contributed by atoms with E-state index in [9.17, 15) is 19.1 Å². The summed E-state index contributed by atoms with van der Waals surface area (Å²) in [6, 6.07) is 0. The minimum atomic E-state index is -1.44. The Morgan fingerprint density at radius 3 is 2.48 bits per heavy atom. The number of aliphatic imine (C=N–C) groups is 1. The summed E-state index contributed by atoms with van der Waals surface area (Å²) in [5, 5.41) is 10.3. The van der Waals surface area contributed by atoms with Crippen LogP contribution < -0.4 is 5.73 Å². The summed E-state index contributed by atoms with van der Waals surface area (Å²) >= 11 is 2.00. The summed E-state index contributed by atoms with van der Waals surface area (Å²) < 4.78 is 13.7. The van der Waals surface area contributed by atoms with E-state index in [1.54, 1.807) is 0 Å². The molecule has 3 N–H and O–H groups in total. The Hall–Kier alpha value is -2.19. The molecule has 1 amide bonds. The van der Waals surface area contributed by atoms with Crippen LogP contribution in [0, 0.1) is 17.8 Å². The fourth-order valence-electron chi connectivity index (χ4n) is 5.37. The largest absolute Gasteiger partial charge is 0.394 e. The Kier molecular flexibility index (Phi) is 15.3. The fourth-order valence-corrected chi connectivity index (χ4v) is 6.80. The van der Waals surface area contributed by atoms with Gasteiger partial charge < -0.3 is 15.7 Å². The molecule has 0 radical (unpaired) electrons. The number of aliphatic hydroxyl groups excluding tert-OH is 1. The predicted molar refractivity (Wildman–Crippen MR) is 175 cm³/mol. The van der Waals surface area contributed by atoms with Crippen molar-refractivity contribution in [3.8, 4) is 0 Å². The highest BCUT2D eigenvalue weighted by Gasteiger charge is 2.50. The molecule has 0 aromatic rings. The summed E-state index contributed by atoms with van der Waals surface area (Å²) in [6.07, 6.45) is 11.8. The number of piperidine rings is 1. The van der Waals surface area contributed by atoms with Gasteiger partial charge in [0.25, 0.3) is 5.91 Å². The number of halogens is 1. The number of likely N-dealkylation sites (tertiary alicyclic amines) is 1. The van der Waals surface area contributed by atoms with E-state index in [2.05, 4.69) is 50.6 Å². The van der Waals surface area contributed by atoms with Crippen molar-refractivity contribution in [2.75, 3.05) is 19.6 Å². The molecule has 8 heteroatoms. The van der Waals surface area contributed by atoms with E-state index in [0.29, 0.717) is 12.5 Å². The van der Waals surface area contributed by atoms with E-state index >= 15 is 0 Å². The van der Waals surface area contributed by atoms with Crippen molar-refractivity contribution in [1.29, 1.82) is 0 Å². The number of carbonyl (C=O) groups is 2. The Labute approximate surface area is 257 Å². The number of allylic oxidation sites excluding steroid dienone is 5. The molecule has 5 atom stereocenters. The lowest BCUT2D eigenvalue weighted by molar-refractivity contribution is -0.131. The van der Waals surface area contributed by atoms with Crippen molar-refractivity contribution >= 4 is 29.2 Å². The quantitative estimate of drug-likeness (QED) is 0.175. The molecule has 0 aromatic heterocycles. The summed E-state index contributed by atoms with van der Waals surface area (Å²) in [7, 11) is 0. The van der Waals surface area contributed by atoms with Crippen LogP contribution in [0.15, 0.2) is 51.5 Å². The van der Waals surface area contributed by atoms with Gasteiger partial charge in [-0.2, -0.15) is 0 Å². The smallest absolute Gasteiger partial charge is 0.270 e. The second-order valence-corrected chi connectivity index (χ2v) is 13.3. The number of rotatable bonds is 13. The molecule has 2 aliphatic carbocycles. The molecule has 3 aliphatic rings. The van der Waals surface area contributed by atoms with Crippen LogP contribution in [0.5, 0.6) is 0 Å². The predicted octanol–water partition coefficient (Wildman–Crippen LogP) is 6.95. The Balaban J connectivity index is 0.000000334. The molecule has 2 saturated carbocycles. The van der Waals surface area contributed by atoms with Gasteiger partial charge in [-0.3, -0.25) is 14.6 Å². The van der Waals surface area contributed by atoms with E-state index in [1.165, 1.54) is 41.1 Å². The van der Waals surface area contributed by atoms with Crippen LogP contribution in [0.4, 0.5) is 4.39 Å². The first-order chi connectivity index (χ1) is 20.0. The number of hydrogen-bond acceptors (Lipinski definition) is 6. The van der Waals surface area contributed by atoms with Gasteiger partial charge in [0.1, 0.15) is 11.9 Å². The number of ketones is 1. The number of alkyl halides is 1. The number of fused-ring (bicyclic) bond motifs is 1. The van der Waals surface area contributed by atoms with E-state index in [1.807, 2.05) is 32.5 Å². The average Bonchev–Trinajstić information content (AvgIpc) is 3.63. The van der Waals surface area contributed by atoms with Gasteiger partial charge in [0, 0.05) is 33.9 Å². The van der Waals surface area contributed by atoms with E-state index in [0.717, 1.165) is 35.8 Å². The molecule has 42 heavy (non-hydrogen) atoms. The van der Waals surface area contributed by atoms with Crippen LogP contribution in [-0.4, -0.2) is 64.6 Å². The molecule has 3 fully saturated rings. The zero-order valence-electron chi connectivity index (χ0n) is 26.7. The van der Waals surface area contributed by atoms with Gasteiger partial charge in [-0.25, -0.2) is 4.39 Å². The minimum Gasteiger partial charge on any atom is -0.394 e. The molecule has 0 spiro atoms. The van der Waals surface area contributed by atoms with E-state index < -0.39 is 12.3 Å². The number of carbonyl (C=O) groups excluding carboxylic acids is 2. The van der Waals surface area contributed by atoms with Crippen LogP contribution >= 0.6 is 11.8 Å². The molecular weight excluding hydrogens is 549 g/mol. The lowest BCUT2D eigenvalue weighted by Gasteiger charge is -2.32. The molecule has 236 valence electrons. The summed E-state index contributed by atoms with van der Waals surface area (Å²) in [5.74, 6) is 0.389. The molecular formula is C34H54FN3O3S. The minimum absolute atomic E-state index is 0.0250. The van der Waals surface area contributed by atoms with Gasteiger partial charge in [-0.1, -0.05) is 59.3 Å². The van der Waals surface area contributed by atoms with Crippen LogP contribution in [0.3, 0.4) is 0 Å². The first-order valence-corrected chi connectivity index (χ1v) is 16.7. The third-order valence-corrected chi connectivity index (χ3v) is 9.88. The van der Waals surface area contributed by atoms with Crippen molar-refractivity contribution in [2.24, 2.45) is 28.5 Å². The number of nitrogens with zero attached hydrogens (tertiary/aromatic N) is 2. The molecule has 1 aliphatic heterocycles. The highest BCUT2D eigenvalue weighted by atomic mass is 32.2. The van der Waals surface area contributed by atoms with Gasteiger partial charge in [0.2, 0.25) is 0 Å². The lowest BCUT2D eigenvalue weighted by atomic mass is 10.0. The zero-order chi connectivity index (χ0) is 31.4. The highest BCUT2D eigenvalue weighted by molar-refractivity contribution is 8.03. The van der Waals surface area contributed by atoms with E-state index in [4.69, 9.17) is 5.73 Å². The van der Waals surface area contributed by atoms with Gasteiger partial charge >= 0.3 is 0 Å². The topological polar surface area (TPSA) is 96.0 Å². The fraction of sp³-hybridized carbons (Fsp3) is 0.676. The van der Waals surface area contributed by atoms with Crippen molar-refractivity contribution in [3.63, 3.8) is 0 Å².